The molecule has 1 N–H and O–H groups in total. The van der Waals surface area contributed by atoms with Crippen LogP contribution < -0.4 is 0 Å². The lowest BCUT2D eigenvalue weighted by atomic mass is 10.2. The van der Waals surface area contributed by atoms with Crippen LogP contribution in [0.2, 0.25) is 5.15 Å². The van der Waals surface area contributed by atoms with Crippen LogP contribution in [-0.4, -0.2) is 33.2 Å². The predicted octanol–water partition coefficient (Wildman–Crippen LogP) is 3.48. The van der Waals surface area contributed by atoms with Crippen LogP contribution in [0.5, 0.6) is 0 Å². The molecule has 0 unspecified atom stereocenters. The van der Waals surface area contributed by atoms with Crippen molar-refractivity contribution in [3.8, 4) is 11.5 Å². The van der Waals surface area contributed by atoms with Gasteiger partial charge in [0.25, 0.3) is 0 Å². The van der Waals surface area contributed by atoms with Crippen molar-refractivity contribution in [2.75, 3.05) is 13.7 Å². The highest BCUT2D eigenvalue weighted by Crippen LogP contribution is 2.26. The number of halogens is 1. The van der Waals surface area contributed by atoms with Crippen LogP contribution in [0.1, 0.15) is 38.6 Å². The highest BCUT2D eigenvalue weighted by molar-refractivity contribution is 6.31. The molecule has 110 valence electrons. The second-order valence-corrected chi connectivity index (χ2v) is 5.29. The predicted molar refractivity (Wildman–Crippen MR) is 80.0 cm³/mol. The highest BCUT2D eigenvalue weighted by Gasteiger charge is 2.18. The number of aromatic nitrogens is 4. The van der Waals surface area contributed by atoms with E-state index >= 15 is 0 Å². The molecular weight excluding hydrogens is 276 g/mol. The van der Waals surface area contributed by atoms with Crippen molar-refractivity contribution in [1.29, 1.82) is 0 Å². The molecule has 0 aliphatic heterocycles. The van der Waals surface area contributed by atoms with E-state index in [0.717, 1.165) is 30.9 Å². The van der Waals surface area contributed by atoms with Crippen molar-refractivity contribution >= 4 is 11.6 Å². The first-order valence-electron chi connectivity index (χ1n) is 6.93. The SMILES string of the molecule is CCCCc1nc(-c2nccn2[C@@H](C)COC)c(Cl)[nH]1. The van der Waals surface area contributed by atoms with E-state index in [-0.39, 0.29) is 6.04 Å². The van der Waals surface area contributed by atoms with Crippen molar-refractivity contribution < 1.29 is 4.74 Å². The maximum absolute atomic E-state index is 6.27. The first kappa shape index (κ1) is 15.1. The van der Waals surface area contributed by atoms with Crippen LogP contribution in [-0.2, 0) is 11.2 Å². The molecule has 0 spiro atoms. The lowest BCUT2D eigenvalue weighted by Gasteiger charge is -2.14. The van der Waals surface area contributed by atoms with Gasteiger partial charge < -0.3 is 14.3 Å². The van der Waals surface area contributed by atoms with Crippen LogP contribution in [0.4, 0.5) is 0 Å². The van der Waals surface area contributed by atoms with Gasteiger partial charge in [0.05, 0.1) is 12.6 Å². The minimum Gasteiger partial charge on any atom is -0.383 e. The summed E-state index contributed by atoms with van der Waals surface area (Å²) in [5, 5.41) is 0.549. The van der Waals surface area contributed by atoms with E-state index in [1.54, 1.807) is 13.3 Å². The fourth-order valence-electron chi connectivity index (χ4n) is 2.18. The number of methoxy groups -OCH3 is 1. The van der Waals surface area contributed by atoms with Crippen LogP contribution in [0.25, 0.3) is 11.5 Å². The second-order valence-electron chi connectivity index (χ2n) is 4.91. The molecule has 2 aromatic rings. The first-order valence-corrected chi connectivity index (χ1v) is 7.31. The molecule has 0 bridgehead atoms. The maximum atomic E-state index is 6.27. The fraction of sp³-hybridized carbons (Fsp3) is 0.571. The van der Waals surface area contributed by atoms with E-state index in [0.29, 0.717) is 17.5 Å². The van der Waals surface area contributed by atoms with Crippen molar-refractivity contribution in [2.45, 2.75) is 39.2 Å². The smallest absolute Gasteiger partial charge is 0.162 e. The molecular formula is C14H21ClN4O. The van der Waals surface area contributed by atoms with Crippen molar-refractivity contribution in [2.24, 2.45) is 0 Å². The zero-order valence-electron chi connectivity index (χ0n) is 12.2. The van der Waals surface area contributed by atoms with Crippen LogP contribution in [0.3, 0.4) is 0 Å². The van der Waals surface area contributed by atoms with Gasteiger partial charge in [-0.3, -0.25) is 0 Å². The average Bonchev–Trinajstić information content (AvgIpc) is 3.02. The summed E-state index contributed by atoms with van der Waals surface area (Å²) in [6, 6.07) is 0.185. The number of nitrogens with one attached hydrogen (secondary N) is 1. The summed E-state index contributed by atoms with van der Waals surface area (Å²) >= 11 is 6.27. The zero-order chi connectivity index (χ0) is 14.5. The standard InChI is InChI=1S/C14H21ClN4O/c1-4-5-6-11-17-12(13(15)18-11)14-16-7-8-19(14)10(2)9-20-3/h7-8,10H,4-6,9H2,1-3H3,(H,17,18)/t10-/m0/s1. The Bertz CT molecular complexity index is 549. The van der Waals surface area contributed by atoms with E-state index in [1.807, 2.05) is 10.8 Å². The summed E-state index contributed by atoms with van der Waals surface area (Å²) in [5.74, 6) is 1.69. The van der Waals surface area contributed by atoms with Crippen molar-refractivity contribution in [3.05, 3.63) is 23.4 Å². The number of H-pyrrole nitrogens is 1. The highest BCUT2D eigenvalue weighted by atomic mass is 35.5. The van der Waals surface area contributed by atoms with Crippen LogP contribution in [0, 0.1) is 0 Å². The molecule has 6 heteroatoms. The summed E-state index contributed by atoms with van der Waals surface area (Å²) in [6.45, 7) is 4.85. The van der Waals surface area contributed by atoms with Crippen LogP contribution in [0.15, 0.2) is 12.4 Å². The summed E-state index contributed by atoms with van der Waals surface area (Å²) in [5.41, 5.74) is 0.714. The minimum absolute atomic E-state index is 0.185. The molecule has 0 radical (unpaired) electrons. The molecule has 2 aromatic heterocycles. The Labute approximate surface area is 124 Å². The number of rotatable bonds is 7. The summed E-state index contributed by atoms with van der Waals surface area (Å²) in [4.78, 5) is 12.1. The molecule has 0 aliphatic rings. The lowest BCUT2D eigenvalue weighted by molar-refractivity contribution is 0.163. The Kier molecular flexibility index (Phi) is 5.20. The third-order valence-corrected chi connectivity index (χ3v) is 3.51. The fourth-order valence-corrected chi connectivity index (χ4v) is 2.42. The number of imidazole rings is 2. The molecule has 1 atom stereocenters. The van der Waals surface area contributed by atoms with Crippen molar-refractivity contribution in [3.63, 3.8) is 0 Å². The third-order valence-electron chi connectivity index (χ3n) is 3.24. The molecule has 0 saturated carbocycles. The van der Waals surface area contributed by atoms with E-state index in [1.165, 1.54) is 0 Å². The van der Waals surface area contributed by atoms with Gasteiger partial charge >= 0.3 is 0 Å². The normalized spacial score (nSPS) is 12.8. The van der Waals surface area contributed by atoms with Gasteiger partial charge in [-0.15, -0.1) is 0 Å². The van der Waals surface area contributed by atoms with Crippen LogP contribution >= 0.6 is 11.6 Å². The molecule has 2 heterocycles. The number of aromatic amines is 1. The molecule has 20 heavy (non-hydrogen) atoms. The Morgan fingerprint density at radius 1 is 1.50 bits per heavy atom. The lowest BCUT2D eigenvalue weighted by Crippen LogP contribution is -2.11. The Hall–Kier alpha value is -1.33. The minimum atomic E-state index is 0.185. The van der Waals surface area contributed by atoms with E-state index in [2.05, 4.69) is 28.8 Å². The number of unbranched alkanes of at least 4 members (excludes halogenated alkanes) is 1. The van der Waals surface area contributed by atoms with Gasteiger partial charge in [0, 0.05) is 25.9 Å². The molecule has 0 aromatic carbocycles. The van der Waals surface area contributed by atoms with Gasteiger partial charge in [-0.1, -0.05) is 24.9 Å². The Morgan fingerprint density at radius 2 is 2.30 bits per heavy atom. The van der Waals surface area contributed by atoms with Gasteiger partial charge in [-0.25, -0.2) is 9.97 Å². The maximum Gasteiger partial charge on any atom is 0.162 e. The summed E-state index contributed by atoms with van der Waals surface area (Å²) < 4.78 is 7.23. The number of ether oxygens (including phenoxy) is 1. The van der Waals surface area contributed by atoms with Crippen molar-refractivity contribution in [1.82, 2.24) is 19.5 Å². The molecule has 5 nitrogen and oxygen atoms in total. The molecule has 0 amide bonds. The van der Waals surface area contributed by atoms with E-state index in [9.17, 15) is 0 Å². The summed E-state index contributed by atoms with van der Waals surface area (Å²) in [7, 11) is 1.69. The summed E-state index contributed by atoms with van der Waals surface area (Å²) in [6.07, 6.45) is 6.82. The molecule has 0 fully saturated rings. The van der Waals surface area contributed by atoms with Gasteiger partial charge in [-0.05, 0) is 13.3 Å². The average molecular weight is 297 g/mol. The number of hydrogen-bond acceptors (Lipinski definition) is 3. The largest absolute Gasteiger partial charge is 0.383 e. The Balaban J connectivity index is 2.27. The zero-order valence-corrected chi connectivity index (χ0v) is 12.9. The molecule has 0 saturated heterocycles. The van der Waals surface area contributed by atoms with E-state index < -0.39 is 0 Å². The van der Waals surface area contributed by atoms with Gasteiger partial charge in [0.1, 0.15) is 16.7 Å². The molecule has 0 aliphatic carbocycles. The second kappa shape index (κ2) is 6.90. The van der Waals surface area contributed by atoms with E-state index in [4.69, 9.17) is 16.3 Å². The number of hydrogen-bond donors (Lipinski definition) is 1. The van der Waals surface area contributed by atoms with Gasteiger partial charge in [0.2, 0.25) is 0 Å². The number of aryl methyl sites for hydroxylation is 1. The van der Waals surface area contributed by atoms with Gasteiger partial charge in [0.15, 0.2) is 5.82 Å². The molecule has 2 rings (SSSR count). The third kappa shape index (κ3) is 3.22. The first-order chi connectivity index (χ1) is 9.67. The van der Waals surface area contributed by atoms with Gasteiger partial charge in [-0.2, -0.15) is 0 Å². The quantitative estimate of drug-likeness (QED) is 0.851. The Morgan fingerprint density at radius 3 is 3.00 bits per heavy atom. The number of nitrogens with zero attached hydrogens (tertiary/aromatic N) is 3. The topological polar surface area (TPSA) is 55.7 Å². The monoisotopic (exact) mass is 296 g/mol.